The number of rotatable bonds is 3. The molecule has 2 aromatic rings. The fraction of sp³-hybridized carbons (Fsp3) is 0.308. The molecular formula is C13H16N2O3. The van der Waals surface area contributed by atoms with Gasteiger partial charge in [0.2, 0.25) is 5.88 Å². The molecule has 0 unspecified atom stereocenters. The number of H-pyrrole nitrogens is 1. The highest BCUT2D eigenvalue weighted by molar-refractivity contribution is 5.69. The topological polar surface area (TPSA) is 67.2 Å². The van der Waals surface area contributed by atoms with Gasteiger partial charge in [-0.1, -0.05) is 13.0 Å². The number of hydrogen-bond donors (Lipinski definition) is 2. The number of benzene rings is 1. The van der Waals surface area contributed by atoms with Crippen molar-refractivity contribution in [3.63, 3.8) is 0 Å². The molecule has 0 radical (unpaired) electrons. The number of nitrogens with zero attached hydrogens (tertiary/aromatic N) is 1. The molecular weight excluding hydrogens is 232 g/mol. The Balaban J connectivity index is 2.61. The van der Waals surface area contributed by atoms with Gasteiger partial charge >= 0.3 is 0 Å². The molecule has 1 aromatic heterocycles. The maximum Gasteiger partial charge on any atom is 0.275 e. The largest absolute Gasteiger partial charge is 0.496 e. The Kier molecular flexibility index (Phi) is 3.14. The molecule has 5 heteroatoms. The Hall–Kier alpha value is -2.17. The number of aryl methyl sites for hydroxylation is 2. The third-order valence-corrected chi connectivity index (χ3v) is 2.99. The summed E-state index contributed by atoms with van der Waals surface area (Å²) in [6, 6.07) is 5.44. The lowest BCUT2D eigenvalue weighted by Gasteiger charge is -2.08. The van der Waals surface area contributed by atoms with E-state index in [-0.39, 0.29) is 17.0 Å². The van der Waals surface area contributed by atoms with E-state index in [1.54, 1.807) is 26.3 Å². The number of nitrogens with one attached hydrogen (secondary N) is 1. The summed E-state index contributed by atoms with van der Waals surface area (Å²) in [5.41, 5.74) is 1.67. The summed E-state index contributed by atoms with van der Waals surface area (Å²) < 4.78 is 6.54. The first-order chi connectivity index (χ1) is 8.58. The Bertz CT molecular complexity index is 626. The fourth-order valence-electron chi connectivity index (χ4n) is 2.00. The molecule has 0 saturated heterocycles. The second-order valence-corrected chi connectivity index (χ2v) is 4.08. The zero-order valence-electron chi connectivity index (χ0n) is 10.7. The van der Waals surface area contributed by atoms with Crippen LogP contribution >= 0.6 is 0 Å². The molecule has 0 spiro atoms. The summed E-state index contributed by atoms with van der Waals surface area (Å²) in [6.07, 6.45) is 0.794. The Labute approximate surface area is 105 Å². The average molecular weight is 248 g/mol. The molecule has 0 aliphatic heterocycles. The monoisotopic (exact) mass is 248 g/mol. The van der Waals surface area contributed by atoms with Gasteiger partial charge in [0, 0.05) is 7.05 Å². The maximum absolute atomic E-state index is 11.7. The average Bonchev–Trinajstić information content (AvgIpc) is 2.62. The highest BCUT2D eigenvalue weighted by atomic mass is 16.5. The highest BCUT2D eigenvalue weighted by Gasteiger charge is 2.15. The van der Waals surface area contributed by atoms with E-state index in [9.17, 15) is 9.90 Å². The van der Waals surface area contributed by atoms with Crippen molar-refractivity contribution in [2.75, 3.05) is 7.11 Å². The molecule has 0 fully saturated rings. The summed E-state index contributed by atoms with van der Waals surface area (Å²) in [6.45, 7) is 2.01. The van der Waals surface area contributed by atoms with Crippen LogP contribution in [0.25, 0.3) is 11.1 Å². The number of aromatic amines is 1. The fourth-order valence-corrected chi connectivity index (χ4v) is 2.00. The summed E-state index contributed by atoms with van der Waals surface area (Å²) in [5.74, 6) is 0.723. The van der Waals surface area contributed by atoms with Gasteiger partial charge in [-0.05, 0) is 29.7 Å². The van der Waals surface area contributed by atoms with Gasteiger partial charge in [-0.25, -0.2) is 0 Å². The quantitative estimate of drug-likeness (QED) is 0.868. The molecule has 2 rings (SSSR count). The normalized spacial score (nSPS) is 10.6. The van der Waals surface area contributed by atoms with Gasteiger partial charge in [-0.15, -0.1) is 0 Å². The molecule has 0 saturated carbocycles. The van der Waals surface area contributed by atoms with Crippen LogP contribution in [0.1, 0.15) is 12.5 Å². The van der Waals surface area contributed by atoms with Crippen molar-refractivity contribution >= 4 is 0 Å². The SMILES string of the molecule is CCc1cc(-c2c(O)n(C)[nH]c2=O)ccc1OC. The van der Waals surface area contributed by atoms with Crippen LogP contribution in [-0.2, 0) is 13.5 Å². The number of hydrogen-bond acceptors (Lipinski definition) is 3. The van der Waals surface area contributed by atoms with Crippen molar-refractivity contribution in [1.29, 1.82) is 0 Å². The van der Waals surface area contributed by atoms with Crippen molar-refractivity contribution in [2.45, 2.75) is 13.3 Å². The summed E-state index contributed by atoms with van der Waals surface area (Å²) in [5, 5.41) is 12.4. The lowest BCUT2D eigenvalue weighted by molar-refractivity contribution is 0.410. The summed E-state index contributed by atoms with van der Waals surface area (Å²) >= 11 is 0. The first-order valence-electron chi connectivity index (χ1n) is 5.73. The van der Waals surface area contributed by atoms with Crippen molar-refractivity contribution in [1.82, 2.24) is 9.78 Å². The lowest BCUT2D eigenvalue weighted by atomic mass is 10.0. The van der Waals surface area contributed by atoms with Gasteiger partial charge in [0.25, 0.3) is 5.56 Å². The lowest BCUT2D eigenvalue weighted by Crippen LogP contribution is -2.04. The molecule has 5 nitrogen and oxygen atoms in total. The third-order valence-electron chi connectivity index (χ3n) is 2.99. The van der Waals surface area contributed by atoms with Crippen molar-refractivity contribution in [3.8, 4) is 22.8 Å². The molecule has 0 aliphatic rings. The Morgan fingerprint density at radius 1 is 1.44 bits per heavy atom. The van der Waals surface area contributed by atoms with E-state index in [2.05, 4.69) is 5.10 Å². The molecule has 0 bridgehead atoms. The van der Waals surface area contributed by atoms with E-state index in [4.69, 9.17) is 4.74 Å². The van der Waals surface area contributed by atoms with Crippen LogP contribution in [0.2, 0.25) is 0 Å². The minimum absolute atomic E-state index is 0.0628. The van der Waals surface area contributed by atoms with E-state index in [1.165, 1.54) is 4.68 Å². The van der Waals surface area contributed by atoms with Crippen LogP contribution in [0, 0.1) is 0 Å². The third kappa shape index (κ3) is 1.88. The number of methoxy groups -OCH3 is 1. The van der Waals surface area contributed by atoms with Gasteiger partial charge in [0.15, 0.2) is 0 Å². The minimum Gasteiger partial charge on any atom is -0.496 e. The first kappa shape index (κ1) is 12.3. The predicted molar refractivity (Wildman–Crippen MR) is 69.1 cm³/mol. The van der Waals surface area contributed by atoms with Crippen LogP contribution in [0.15, 0.2) is 23.0 Å². The number of ether oxygens (including phenoxy) is 1. The van der Waals surface area contributed by atoms with Crippen molar-refractivity contribution < 1.29 is 9.84 Å². The van der Waals surface area contributed by atoms with E-state index in [0.29, 0.717) is 5.56 Å². The van der Waals surface area contributed by atoms with Crippen LogP contribution in [0.5, 0.6) is 11.6 Å². The van der Waals surface area contributed by atoms with Crippen LogP contribution in [-0.4, -0.2) is 22.0 Å². The van der Waals surface area contributed by atoms with E-state index >= 15 is 0 Å². The first-order valence-corrected chi connectivity index (χ1v) is 5.73. The molecule has 2 N–H and O–H groups in total. The summed E-state index contributed by atoms with van der Waals surface area (Å²) in [4.78, 5) is 11.7. The standard InChI is InChI=1S/C13H16N2O3/c1-4-8-7-9(5-6-10(8)18-3)11-12(16)14-15(2)13(11)17/h5-7,17H,4H2,1-3H3,(H,14,16). The minimum atomic E-state index is -0.304. The van der Waals surface area contributed by atoms with E-state index in [1.807, 2.05) is 13.0 Å². The van der Waals surface area contributed by atoms with Gasteiger partial charge in [-0.2, -0.15) is 0 Å². The molecule has 0 atom stereocenters. The summed E-state index contributed by atoms with van der Waals surface area (Å²) in [7, 11) is 3.20. The zero-order valence-corrected chi connectivity index (χ0v) is 10.7. The van der Waals surface area contributed by atoms with Gasteiger partial charge in [0.05, 0.1) is 7.11 Å². The van der Waals surface area contributed by atoms with Crippen LogP contribution < -0.4 is 10.3 Å². The van der Waals surface area contributed by atoms with Crippen LogP contribution in [0.3, 0.4) is 0 Å². The van der Waals surface area contributed by atoms with Crippen LogP contribution in [0.4, 0.5) is 0 Å². The molecule has 0 aliphatic carbocycles. The highest BCUT2D eigenvalue weighted by Crippen LogP contribution is 2.29. The predicted octanol–water partition coefficient (Wildman–Crippen LogP) is 1.66. The van der Waals surface area contributed by atoms with Gasteiger partial charge in [0.1, 0.15) is 11.3 Å². The number of aromatic hydroxyl groups is 1. The number of aromatic nitrogens is 2. The zero-order chi connectivity index (χ0) is 13.3. The van der Waals surface area contributed by atoms with Crippen molar-refractivity contribution in [2.24, 2.45) is 7.05 Å². The molecule has 1 heterocycles. The van der Waals surface area contributed by atoms with Crippen molar-refractivity contribution in [3.05, 3.63) is 34.1 Å². The molecule has 1 aromatic carbocycles. The van der Waals surface area contributed by atoms with E-state index < -0.39 is 0 Å². The smallest absolute Gasteiger partial charge is 0.275 e. The molecule has 96 valence electrons. The van der Waals surface area contributed by atoms with Gasteiger partial charge in [-0.3, -0.25) is 14.6 Å². The van der Waals surface area contributed by atoms with E-state index in [0.717, 1.165) is 17.7 Å². The Morgan fingerprint density at radius 2 is 2.17 bits per heavy atom. The second-order valence-electron chi connectivity index (χ2n) is 4.08. The molecule has 18 heavy (non-hydrogen) atoms. The molecule has 0 amide bonds. The Morgan fingerprint density at radius 3 is 2.67 bits per heavy atom. The second kappa shape index (κ2) is 4.60. The van der Waals surface area contributed by atoms with Gasteiger partial charge < -0.3 is 9.84 Å². The maximum atomic E-state index is 11.7.